The van der Waals surface area contributed by atoms with Crippen molar-refractivity contribution in [1.29, 1.82) is 0 Å². The first-order valence-electron chi connectivity index (χ1n) is 10.4. The maximum absolute atomic E-state index is 13.5. The summed E-state index contributed by atoms with van der Waals surface area (Å²) in [5.74, 6) is 0.271. The third-order valence-electron chi connectivity index (χ3n) is 7.31. The second-order valence-electron chi connectivity index (χ2n) is 8.94. The lowest BCUT2D eigenvalue weighted by molar-refractivity contribution is -0.142. The smallest absolute Gasteiger partial charge is 0.319 e. The Hall–Kier alpha value is -2.02. The SMILES string of the molecule is CCN1CC[C@]2(CN(C(=O)N(C)C)CC23CCN(Cc2ccoc2)CC3)C1=O. The Balaban J connectivity index is 1.56. The fourth-order valence-corrected chi connectivity index (χ4v) is 5.68. The second-order valence-corrected chi connectivity index (χ2v) is 8.94. The van der Waals surface area contributed by atoms with Gasteiger partial charge in [-0.15, -0.1) is 0 Å². The van der Waals surface area contributed by atoms with Gasteiger partial charge in [-0.05, 0) is 45.3 Å². The summed E-state index contributed by atoms with van der Waals surface area (Å²) in [6.45, 7) is 7.69. The number of urea groups is 1. The molecule has 28 heavy (non-hydrogen) atoms. The van der Waals surface area contributed by atoms with E-state index in [1.165, 1.54) is 5.56 Å². The zero-order chi connectivity index (χ0) is 19.9. The molecule has 7 heteroatoms. The van der Waals surface area contributed by atoms with Crippen molar-refractivity contribution in [1.82, 2.24) is 19.6 Å². The minimum atomic E-state index is -0.406. The number of hydrogen-bond acceptors (Lipinski definition) is 4. The molecular formula is C21H32N4O3. The first-order chi connectivity index (χ1) is 13.4. The molecule has 7 nitrogen and oxygen atoms in total. The summed E-state index contributed by atoms with van der Waals surface area (Å²) in [5.41, 5.74) is 0.679. The topological polar surface area (TPSA) is 60.2 Å². The van der Waals surface area contributed by atoms with Gasteiger partial charge in [0.1, 0.15) is 0 Å². The number of rotatable bonds is 3. The highest BCUT2D eigenvalue weighted by Gasteiger charge is 2.65. The molecule has 0 unspecified atom stereocenters. The van der Waals surface area contributed by atoms with E-state index in [0.717, 1.165) is 52.0 Å². The van der Waals surface area contributed by atoms with Gasteiger partial charge in [-0.3, -0.25) is 9.69 Å². The molecule has 4 rings (SSSR count). The van der Waals surface area contributed by atoms with Crippen LogP contribution in [-0.4, -0.2) is 84.9 Å². The standard InChI is InChI=1S/C21H32N4O3/c1-4-24-11-8-21(18(24)26)16-25(19(27)22(2)3)15-20(21)6-9-23(10-7-20)13-17-5-12-28-14-17/h5,12,14H,4,6-11,13,15-16H2,1-3H3/t21-/m0/s1. The molecule has 0 N–H and O–H groups in total. The van der Waals surface area contributed by atoms with Gasteiger partial charge in [0, 0.05) is 57.8 Å². The normalized spacial score (nSPS) is 27.3. The number of nitrogens with zero attached hydrogens (tertiary/aromatic N) is 4. The molecule has 1 aromatic rings. The van der Waals surface area contributed by atoms with E-state index in [2.05, 4.69) is 11.8 Å². The summed E-state index contributed by atoms with van der Waals surface area (Å²) < 4.78 is 5.20. The van der Waals surface area contributed by atoms with E-state index in [1.54, 1.807) is 31.5 Å². The maximum Gasteiger partial charge on any atom is 0.319 e. The Labute approximate surface area is 167 Å². The average Bonchev–Trinajstić information content (AvgIpc) is 3.38. The zero-order valence-electron chi connectivity index (χ0n) is 17.3. The summed E-state index contributed by atoms with van der Waals surface area (Å²) in [5, 5.41) is 0. The number of amides is 3. The number of hydrogen-bond donors (Lipinski definition) is 0. The molecule has 0 bridgehead atoms. The van der Waals surface area contributed by atoms with E-state index >= 15 is 0 Å². The molecule has 1 aromatic heterocycles. The van der Waals surface area contributed by atoms with Gasteiger partial charge in [-0.25, -0.2) is 4.79 Å². The first kappa shape index (κ1) is 19.3. The molecule has 3 aliphatic heterocycles. The average molecular weight is 389 g/mol. The van der Waals surface area contributed by atoms with Gasteiger partial charge < -0.3 is 19.1 Å². The van der Waals surface area contributed by atoms with E-state index in [1.807, 2.05) is 15.9 Å². The lowest BCUT2D eigenvalue weighted by atomic mass is 9.60. The highest BCUT2D eigenvalue weighted by atomic mass is 16.3. The molecule has 3 amide bonds. The number of piperidine rings is 1. The lowest BCUT2D eigenvalue weighted by Gasteiger charge is -2.46. The Morgan fingerprint density at radius 3 is 2.50 bits per heavy atom. The number of carbonyl (C=O) groups is 2. The minimum Gasteiger partial charge on any atom is -0.472 e. The van der Waals surface area contributed by atoms with Crippen LogP contribution in [-0.2, 0) is 11.3 Å². The van der Waals surface area contributed by atoms with Crippen molar-refractivity contribution in [2.45, 2.75) is 32.7 Å². The van der Waals surface area contributed by atoms with Crippen molar-refractivity contribution in [3.05, 3.63) is 24.2 Å². The van der Waals surface area contributed by atoms with E-state index in [-0.39, 0.29) is 17.4 Å². The lowest BCUT2D eigenvalue weighted by Crippen LogP contribution is -2.52. The van der Waals surface area contributed by atoms with Crippen LogP contribution in [0.4, 0.5) is 4.79 Å². The molecule has 4 heterocycles. The Morgan fingerprint density at radius 2 is 1.93 bits per heavy atom. The van der Waals surface area contributed by atoms with Gasteiger partial charge in [-0.2, -0.15) is 0 Å². The molecule has 1 atom stereocenters. The van der Waals surface area contributed by atoms with Gasteiger partial charge in [0.05, 0.1) is 17.9 Å². The fraction of sp³-hybridized carbons (Fsp3) is 0.714. The van der Waals surface area contributed by atoms with Crippen molar-refractivity contribution < 1.29 is 14.0 Å². The highest BCUT2D eigenvalue weighted by molar-refractivity contribution is 5.88. The van der Waals surface area contributed by atoms with E-state index in [4.69, 9.17) is 4.42 Å². The van der Waals surface area contributed by atoms with E-state index < -0.39 is 5.41 Å². The van der Waals surface area contributed by atoms with Gasteiger partial charge >= 0.3 is 6.03 Å². The zero-order valence-corrected chi connectivity index (χ0v) is 17.3. The largest absolute Gasteiger partial charge is 0.472 e. The maximum atomic E-state index is 13.5. The molecular weight excluding hydrogens is 356 g/mol. The second kappa shape index (κ2) is 7.10. The molecule has 0 radical (unpaired) electrons. The number of carbonyl (C=O) groups excluding carboxylic acids is 2. The number of fused-ring (bicyclic) bond motifs is 1. The molecule has 3 saturated heterocycles. The Morgan fingerprint density at radius 1 is 1.18 bits per heavy atom. The van der Waals surface area contributed by atoms with Gasteiger partial charge in [-0.1, -0.05) is 0 Å². The quantitative estimate of drug-likeness (QED) is 0.796. The third kappa shape index (κ3) is 2.91. The fourth-order valence-electron chi connectivity index (χ4n) is 5.68. The van der Waals surface area contributed by atoms with Crippen LogP contribution in [0.5, 0.6) is 0 Å². The van der Waals surface area contributed by atoms with Crippen molar-refractivity contribution in [2.24, 2.45) is 10.8 Å². The van der Waals surface area contributed by atoms with Gasteiger partial charge in [0.2, 0.25) is 5.91 Å². The monoisotopic (exact) mass is 388 g/mol. The van der Waals surface area contributed by atoms with Crippen molar-refractivity contribution >= 4 is 11.9 Å². The van der Waals surface area contributed by atoms with Crippen molar-refractivity contribution in [3.8, 4) is 0 Å². The van der Waals surface area contributed by atoms with E-state index in [0.29, 0.717) is 13.1 Å². The van der Waals surface area contributed by atoms with Crippen LogP contribution >= 0.6 is 0 Å². The van der Waals surface area contributed by atoms with Crippen LogP contribution < -0.4 is 0 Å². The predicted molar refractivity (Wildman–Crippen MR) is 106 cm³/mol. The Kier molecular flexibility index (Phi) is 4.89. The van der Waals surface area contributed by atoms with Crippen molar-refractivity contribution in [2.75, 3.05) is 53.4 Å². The van der Waals surface area contributed by atoms with Crippen LogP contribution in [0.3, 0.4) is 0 Å². The molecule has 3 aliphatic rings. The summed E-state index contributed by atoms with van der Waals surface area (Å²) in [6.07, 6.45) is 6.32. The third-order valence-corrected chi connectivity index (χ3v) is 7.31. The molecule has 0 aromatic carbocycles. The predicted octanol–water partition coefficient (Wildman–Crippen LogP) is 2.10. The molecule has 0 saturated carbocycles. The molecule has 0 aliphatic carbocycles. The first-order valence-corrected chi connectivity index (χ1v) is 10.4. The number of likely N-dealkylation sites (tertiary alicyclic amines) is 3. The van der Waals surface area contributed by atoms with Crippen molar-refractivity contribution in [3.63, 3.8) is 0 Å². The summed E-state index contributed by atoms with van der Waals surface area (Å²) in [7, 11) is 3.59. The summed E-state index contributed by atoms with van der Waals surface area (Å²) in [4.78, 5) is 34.2. The van der Waals surface area contributed by atoms with E-state index in [9.17, 15) is 9.59 Å². The van der Waals surface area contributed by atoms with Crippen LogP contribution in [0.2, 0.25) is 0 Å². The van der Waals surface area contributed by atoms with Crippen LogP contribution in [0.1, 0.15) is 31.7 Å². The van der Waals surface area contributed by atoms with Gasteiger partial charge in [0.25, 0.3) is 0 Å². The highest BCUT2D eigenvalue weighted by Crippen LogP contribution is 2.58. The van der Waals surface area contributed by atoms with Gasteiger partial charge in [0.15, 0.2) is 0 Å². The summed E-state index contributed by atoms with van der Waals surface area (Å²) in [6, 6.07) is 2.04. The van der Waals surface area contributed by atoms with Crippen LogP contribution in [0.15, 0.2) is 23.0 Å². The Bertz CT molecular complexity index is 724. The molecule has 154 valence electrons. The molecule has 3 fully saturated rings. The van der Waals surface area contributed by atoms with Crippen LogP contribution in [0.25, 0.3) is 0 Å². The van der Waals surface area contributed by atoms with Crippen LogP contribution in [0, 0.1) is 10.8 Å². The number of furan rings is 1. The summed E-state index contributed by atoms with van der Waals surface area (Å²) >= 11 is 0. The molecule has 2 spiro atoms. The minimum absolute atomic E-state index is 0.0276.